The Morgan fingerprint density at radius 2 is 1.92 bits per heavy atom. The summed E-state index contributed by atoms with van der Waals surface area (Å²) in [4.78, 5) is 10.1. The average molecular weight is 360 g/mol. The van der Waals surface area contributed by atoms with Crippen molar-refractivity contribution in [2.45, 2.75) is 0 Å². The van der Waals surface area contributed by atoms with Crippen LogP contribution in [0, 0.1) is 15.9 Å². The largest absolute Gasteiger partial charge is 0.455 e. The highest BCUT2D eigenvalue weighted by molar-refractivity contribution is 6.31. The van der Waals surface area contributed by atoms with Crippen LogP contribution in [-0.2, 0) is 0 Å². The first-order valence-electron chi connectivity index (χ1n) is 7.12. The molecule has 126 valence electrons. The number of nitro groups is 1. The molecule has 0 bridgehead atoms. The summed E-state index contributed by atoms with van der Waals surface area (Å²) in [5.74, 6) is 0.509. The van der Waals surface area contributed by atoms with Crippen molar-refractivity contribution in [2.75, 3.05) is 5.43 Å². The summed E-state index contributed by atoms with van der Waals surface area (Å²) in [6.45, 7) is 0. The summed E-state index contributed by atoms with van der Waals surface area (Å²) in [5.41, 5.74) is 3.99. The number of anilines is 1. The Bertz CT molecular complexity index is 939. The molecule has 0 atom stereocenters. The fourth-order valence-electron chi connectivity index (χ4n) is 2.05. The lowest BCUT2D eigenvalue weighted by Gasteiger charge is -1.99. The lowest BCUT2D eigenvalue weighted by Crippen LogP contribution is -1.91. The second kappa shape index (κ2) is 7.14. The zero-order valence-electron chi connectivity index (χ0n) is 12.6. The van der Waals surface area contributed by atoms with E-state index in [1.165, 1.54) is 30.5 Å². The SMILES string of the molecule is O=[N+]([O-])c1ccc(N/N=C\c2ccc(-c3ccc(F)c(Cl)c3)o2)cc1. The molecule has 1 aromatic heterocycles. The quantitative estimate of drug-likeness (QED) is 0.390. The van der Waals surface area contributed by atoms with E-state index in [0.717, 1.165) is 0 Å². The van der Waals surface area contributed by atoms with E-state index >= 15 is 0 Å². The van der Waals surface area contributed by atoms with E-state index in [4.69, 9.17) is 16.0 Å². The second-order valence-electron chi connectivity index (χ2n) is 5.00. The normalized spacial score (nSPS) is 11.0. The standard InChI is InChI=1S/C17H11ClFN3O3/c18-15-9-11(1-7-16(15)19)17-8-6-14(25-17)10-20-21-12-2-4-13(5-3-12)22(23)24/h1-10,21H/b20-10-. The molecule has 0 amide bonds. The molecule has 6 nitrogen and oxygen atoms in total. The van der Waals surface area contributed by atoms with E-state index in [0.29, 0.717) is 22.8 Å². The number of rotatable bonds is 5. The molecular weight excluding hydrogens is 349 g/mol. The molecule has 8 heteroatoms. The van der Waals surface area contributed by atoms with Gasteiger partial charge in [0.05, 0.1) is 21.8 Å². The Labute approximate surface area is 146 Å². The summed E-state index contributed by atoms with van der Waals surface area (Å²) < 4.78 is 18.8. The highest BCUT2D eigenvalue weighted by Gasteiger charge is 2.07. The fourth-order valence-corrected chi connectivity index (χ4v) is 2.24. The molecule has 0 saturated carbocycles. The van der Waals surface area contributed by atoms with Crippen LogP contribution in [0.1, 0.15) is 5.76 Å². The van der Waals surface area contributed by atoms with Crippen molar-refractivity contribution < 1.29 is 13.7 Å². The van der Waals surface area contributed by atoms with Gasteiger partial charge in [0.25, 0.3) is 5.69 Å². The van der Waals surface area contributed by atoms with Gasteiger partial charge in [0, 0.05) is 17.7 Å². The van der Waals surface area contributed by atoms with Crippen LogP contribution in [0.5, 0.6) is 0 Å². The lowest BCUT2D eigenvalue weighted by molar-refractivity contribution is -0.384. The van der Waals surface area contributed by atoms with E-state index in [1.54, 1.807) is 30.3 Å². The molecule has 0 fully saturated rings. The van der Waals surface area contributed by atoms with E-state index < -0.39 is 10.7 Å². The molecule has 0 aliphatic rings. The molecule has 0 radical (unpaired) electrons. The van der Waals surface area contributed by atoms with Crippen LogP contribution in [0.4, 0.5) is 15.8 Å². The molecule has 25 heavy (non-hydrogen) atoms. The minimum Gasteiger partial charge on any atom is -0.455 e. The maximum Gasteiger partial charge on any atom is 0.269 e. The maximum atomic E-state index is 13.2. The highest BCUT2D eigenvalue weighted by atomic mass is 35.5. The fraction of sp³-hybridized carbons (Fsp3) is 0. The van der Waals surface area contributed by atoms with Gasteiger partial charge in [-0.3, -0.25) is 15.5 Å². The van der Waals surface area contributed by atoms with Gasteiger partial charge in [0.15, 0.2) is 0 Å². The first-order valence-corrected chi connectivity index (χ1v) is 7.49. The van der Waals surface area contributed by atoms with Gasteiger partial charge in [-0.2, -0.15) is 5.10 Å². The lowest BCUT2D eigenvalue weighted by atomic mass is 10.2. The zero-order valence-corrected chi connectivity index (χ0v) is 13.4. The third kappa shape index (κ3) is 4.02. The van der Waals surface area contributed by atoms with Crippen molar-refractivity contribution in [3.63, 3.8) is 0 Å². The van der Waals surface area contributed by atoms with Gasteiger partial charge in [-0.15, -0.1) is 0 Å². The Hall–Kier alpha value is -3.19. The van der Waals surface area contributed by atoms with Crippen LogP contribution >= 0.6 is 11.6 Å². The van der Waals surface area contributed by atoms with Crippen molar-refractivity contribution in [3.05, 3.63) is 81.3 Å². The van der Waals surface area contributed by atoms with Gasteiger partial charge in [-0.05, 0) is 42.5 Å². The van der Waals surface area contributed by atoms with Gasteiger partial charge in [0.2, 0.25) is 0 Å². The van der Waals surface area contributed by atoms with Gasteiger partial charge >= 0.3 is 0 Å². The Morgan fingerprint density at radius 1 is 1.16 bits per heavy atom. The number of halogens is 2. The molecule has 1 heterocycles. The Balaban J connectivity index is 1.67. The number of benzene rings is 2. The highest BCUT2D eigenvalue weighted by Crippen LogP contribution is 2.26. The number of nitrogens with zero attached hydrogens (tertiary/aromatic N) is 2. The molecular formula is C17H11ClFN3O3. The summed E-state index contributed by atoms with van der Waals surface area (Å²) in [7, 11) is 0. The maximum absolute atomic E-state index is 13.2. The molecule has 3 rings (SSSR count). The van der Waals surface area contributed by atoms with Gasteiger partial charge < -0.3 is 4.42 Å². The van der Waals surface area contributed by atoms with Crippen molar-refractivity contribution in [3.8, 4) is 11.3 Å². The minimum atomic E-state index is -0.494. The second-order valence-corrected chi connectivity index (χ2v) is 5.41. The van der Waals surface area contributed by atoms with E-state index in [9.17, 15) is 14.5 Å². The monoisotopic (exact) mass is 359 g/mol. The van der Waals surface area contributed by atoms with Gasteiger partial charge in [-0.1, -0.05) is 11.6 Å². The number of hydrogen-bond donors (Lipinski definition) is 1. The van der Waals surface area contributed by atoms with E-state index in [1.807, 2.05) is 0 Å². The molecule has 0 spiro atoms. The summed E-state index contributed by atoms with van der Waals surface area (Å²) >= 11 is 5.76. The predicted molar refractivity (Wildman–Crippen MR) is 93.4 cm³/mol. The third-order valence-corrected chi connectivity index (χ3v) is 3.58. The molecule has 0 aliphatic heterocycles. The zero-order chi connectivity index (χ0) is 17.8. The van der Waals surface area contributed by atoms with Crippen molar-refractivity contribution in [2.24, 2.45) is 5.10 Å². The smallest absolute Gasteiger partial charge is 0.269 e. The number of non-ortho nitro benzene ring substituents is 1. The van der Waals surface area contributed by atoms with Crippen LogP contribution < -0.4 is 5.43 Å². The number of hydrogen-bond acceptors (Lipinski definition) is 5. The van der Waals surface area contributed by atoms with E-state index in [2.05, 4.69) is 10.5 Å². The van der Waals surface area contributed by atoms with Crippen LogP contribution in [0.15, 0.2) is 64.1 Å². The average Bonchev–Trinajstić information content (AvgIpc) is 3.07. The number of nitro benzene ring substituents is 1. The predicted octanol–water partition coefficient (Wildman–Crippen LogP) is 5.09. The molecule has 0 saturated heterocycles. The van der Waals surface area contributed by atoms with Crippen LogP contribution in [0.25, 0.3) is 11.3 Å². The van der Waals surface area contributed by atoms with Gasteiger partial charge in [-0.25, -0.2) is 4.39 Å². The summed E-state index contributed by atoms with van der Waals surface area (Å²) in [6.07, 6.45) is 1.45. The van der Waals surface area contributed by atoms with Crippen LogP contribution in [0.3, 0.4) is 0 Å². The first-order chi connectivity index (χ1) is 12.0. The Kier molecular flexibility index (Phi) is 4.76. The minimum absolute atomic E-state index is 0.00293. The van der Waals surface area contributed by atoms with Crippen LogP contribution in [0.2, 0.25) is 5.02 Å². The third-order valence-electron chi connectivity index (χ3n) is 3.29. The molecule has 0 unspecified atom stereocenters. The molecule has 2 aromatic carbocycles. The van der Waals surface area contributed by atoms with Gasteiger partial charge in [0.1, 0.15) is 17.3 Å². The topological polar surface area (TPSA) is 80.7 Å². The van der Waals surface area contributed by atoms with Crippen LogP contribution in [-0.4, -0.2) is 11.1 Å². The van der Waals surface area contributed by atoms with Crippen molar-refractivity contribution in [1.82, 2.24) is 0 Å². The molecule has 0 aliphatic carbocycles. The van der Waals surface area contributed by atoms with Crippen molar-refractivity contribution in [1.29, 1.82) is 0 Å². The number of furan rings is 1. The number of hydrazone groups is 1. The molecule has 1 N–H and O–H groups in total. The van der Waals surface area contributed by atoms with Crippen molar-refractivity contribution >= 4 is 29.2 Å². The molecule has 3 aromatic rings. The van der Waals surface area contributed by atoms with E-state index in [-0.39, 0.29) is 10.7 Å². The first kappa shape index (κ1) is 16.7. The number of nitrogens with one attached hydrogen (secondary N) is 1. The Morgan fingerprint density at radius 3 is 2.60 bits per heavy atom. The summed E-state index contributed by atoms with van der Waals surface area (Å²) in [6, 6.07) is 13.6. The summed E-state index contributed by atoms with van der Waals surface area (Å²) in [5, 5.41) is 14.6.